The molecule has 17 heavy (non-hydrogen) atoms. The van der Waals surface area contributed by atoms with Crippen LogP contribution >= 0.6 is 11.6 Å². The van der Waals surface area contributed by atoms with Gasteiger partial charge in [-0.1, -0.05) is 29.3 Å². The van der Waals surface area contributed by atoms with E-state index in [9.17, 15) is 9.59 Å². The van der Waals surface area contributed by atoms with Crippen LogP contribution in [0.15, 0.2) is 33.9 Å². The topological polar surface area (TPSA) is 54.9 Å². The minimum absolute atomic E-state index is 0.0864. The number of halogens is 1. The standard InChI is InChI=1S/C12H11ClN2O2/c1-7-3-5-9(6-4-7)15-11(16)8(2)10(13)14-12(15)17/h3-6H,1-2H3,(H,14,17). The van der Waals surface area contributed by atoms with Gasteiger partial charge in [-0.3, -0.25) is 9.78 Å². The summed E-state index contributed by atoms with van der Waals surface area (Å²) in [6.07, 6.45) is 0. The van der Waals surface area contributed by atoms with E-state index in [0.717, 1.165) is 10.1 Å². The molecule has 88 valence electrons. The lowest BCUT2D eigenvalue weighted by Crippen LogP contribution is -2.35. The van der Waals surface area contributed by atoms with E-state index in [-0.39, 0.29) is 5.15 Å². The minimum atomic E-state index is -0.533. The van der Waals surface area contributed by atoms with Gasteiger partial charge in [-0.2, -0.15) is 0 Å². The number of rotatable bonds is 1. The van der Waals surface area contributed by atoms with E-state index in [4.69, 9.17) is 11.6 Å². The van der Waals surface area contributed by atoms with Gasteiger partial charge in [0.25, 0.3) is 5.56 Å². The van der Waals surface area contributed by atoms with Crippen LogP contribution in [0.5, 0.6) is 0 Å². The van der Waals surface area contributed by atoms with Crippen molar-refractivity contribution in [2.24, 2.45) is 0 Å². The molecule has 0 atom stereocenters. The first kappa shape index (κ1) is 11.7. The van der Waals surface area contributed by atoms with Crippen LogP contribution in [0.4, 0.5) is 0 Å². The quantitative estimate of drug-likeness (QED) is 0.785. The highest BCUT2D eigenvalue weighted by Gasteiger charge is 2.09. The smallest absolute Gasteiger partial charge is 0.297 e. The van der Waals surface area contributed by atoms with Gasteiger partial charge in [0.05, 0.1) is 11.3 Å². The van der Waals surface area contributed by atoms with E-state index in [1.54, 1.807) is 19.1 Å². The van der Waals surface area contributed by atoms with E-state index in [2.05, 4.69) is 4.98 Å². The van der Waals surface area contributed by atoms with Gasteiger partial charge >= 0.3 is 5.69 Å². The van der Waals surface area contributed by atoms with Crippen molar-refractivity contribution in [1.29, 1.82) is 0 Å². The van der Waals surface area contributed by atoms with Gasteiger partial charge in [0, 0.05) is 0 Å². The summed E-state index contributed by atoms with van der Waals surface area (Å²) in [7, 11) is 0. The number of aromatic amines is 1. The van der Waals surface area contributed by atoms with Crippen LogP contribution in [0.1, 0.15) is 11.1 Å². The Labute approximate surface area is 102 Å². The maximum atomic E-state index is 12.0. The average molecular weight is 251 g/mol. The molecule has 0 saturated carbocycles. The fourth-order valence-corrected chi connectivity index (χ4v) is 1.69. The Morgan fingerprint density at radius 3 is 2.29 bits per heavy atom. The van der Waals surface area contributed by atoms with Crippen molar-refractivity contribution in [3.8, 4) is 5.69 Å². The first-order valence-corrected chi connectivity index (χ1v) is 5.47. The predicted octanol–water partition coefficient (Wildman–Crippen LogP) is 1.80. The largest absolute Gasteiger partial charge is 0.334 e. The number of aryl methyl sites for hydroxylation is 1. The summed E-state index contributed by atoms with van der Waals surface area (Å²) in [5.41, 5.74) is 0.981. The average Bonchev–Trinajstić information content (AvgIpc) is 2.29. The zero-order chi connectivity index (χ0) is 12.6. The molecule has 0 bridgehead atoms. The lowest BCUT2D eigenvalue weighted by molar-refractivity contribution is 0.859. The van der Waals surface area contributed by atoms with Crippen LogP contribution in [-0.4, -0.2) is 9.55 Å². The third-order valence-electron chi connectivity index (χ3n) is 2.57. The monoisotopic (exact) mass is 250 g/mol. The van der Waals surface area contributed by atoms with Crippen LogP contribution in [-0.2, 0) is 0 Å². The van der Waals surface area contributed by atoms with Crippen molar-refractivity contribution >= 4 is 11.6 Å². The van der Waals surface area contributed by atoms with Crippen LogP contribution in [0.2, 0.25) is 5.15 Å². The molecular weight excluding hydrogens is 240 g/mol. The molecule has 0 unspecified atom stereocenters. The summed E-state index contributed by atoms with van der Waals surface area (Å²) in [5, 5.41) is 0.0864. The molecule has 5 heteroatoms. The summed E-state index contributed by atoms with van der Waals surface area (Å²) in [5.74, 6) is 0. The molecular formula is C12H11ClN2O2. The van der Waals surface area contributed by atoms with Gasteiger partial charge in [0.15, 0.2) is 0 Å². The van der Waals surface area contributed by atoms with Crippen molar-refractivity contribution in [2.75, 3.05) is 0 Å². The number of H-pyrrole nitrogens is 1. The van der Waals surface area contributed by atoms with E-state index in [1.807, 2.05) is 19.1 Å². The summed E-state index contributed by atoms with van der Waals surface area (Å²) < 4.78 is 1.07. The van der Waals surface area contributed by atoms with Gasteiger partial charge in [0.2, 0.25) is 0 Å². The number of nitrogens with zero attached hydrogens (tertiary/aromatic N) is 1. The Kier molecular flexibility index (Phi) is 2.90. The van der Waals surface area contributed by atoms with Crippen LogP contribution in [0.3, 0.4) is 0 Å². The van der Waals surface area contributed by atoms with Crippen molar-refractivity contribution < 1.29 is 0 Å². The maximum Gasteiger partial charge on any atom is 0.334 e. The summed E-state index contributed by atoms with van der Waals surface area (Å²) in [6, 6.07) is 7.12. The highest BCUT2D eigenvalue weighted by Crippen LogP contribution is 2.08. The van der Waals surface area contributed by atoms with Crippen molar-refractivity contribution in [1.82, 2.24) is 9.55 Å². The first-order valence-electron chi connectivity index (χ1n) is 5.09. The van der Waals surface area contributed by atoms with Crippen molar-refractivity contribution in [3.63, 3.8) is 0 Å². The second-order valence-electron chi connectivity index (χ2n) is 3.85. The van der Waals surface area contributed by atoms with E-state index >= 15 is 0 Å². The number of nitrogens with one attached hydrogen (secondary N) is 1. The zero-order valence-corrected chi connectivity index (χ0v) is 10.2. The molecule has 4 nitrogen and oxygen atoms in total. The molecule has 0 aliphatic rings. The SMILES string of the molecule is Cc1ccc(-n2c(=O)[nH]c(Cl)c(C)c2=O)cc1. The molecule has 0 radical (unpaired) electrons. The Morgan fingerprint density at radius 1 is 1.12 bits per heavy atom. The highest BCUT2D eigenvalue weighted by molar-refractivity contribution is 6.30. The third kappa shape index (κ3) is 2.03. The molecule has 1 aromatic heterocycles. The summed E-state index contributed by atoms with van der Waals surface area (Å²) in [6.45, 7) is 3.51. The molecule has 0 saturated heterocycles. The van der Waals surface area contributed by atoms with E-state index < -0.39 is 11.2 Å². The molecule has 0 fully saturated rings. The molecule has 2 aromatic rings. The minimum Gasteiger partial charge on any atom is -0.297 e. The summed E-state index contributed by atoms with van der Waals surface area (Å²) in [4.78, 5) is 26.1. The zero-order valence-electron chi connectivity index (χ0n) is 9.45. The number of hydrogen-bond donors (Lipinski definition) is 1. The molecule has 1 aromatic carbocycles. The Balaban J connectivity index is 2.77. The maximum absolute atomic E-state index is 12.0. The van der Waals surface area contributed by atoms with Gasteiger partial charge in [-0.05, 0) is 26.0 Å². The molecule has 2 rings (SSSR count). The molecule has 0 aliphatic carbocycles. The Morgan fingerprint density at radius 2 is 1.71 bits per heavy atom. The Hall–Kier alpha value is -1.81. The molecule has 0 spiro atoms. The van der Waals surface area contributed by atoms with Gasteiger partial charge in [-0.15, -0.1) is 0 Å². The number of aromatic nitrogens is 2. The fraction of sp³-hybridized carbons (Fsp3) is 0.167. The third-order valence-corrected chi connectivity index (χ3v) is 2.94. The van der Waals surface area contributed by atoms with Crippen LogP contribution in [0, 0.1) is 13.8 Å². The van der Waals surface area contributed by atoms with Crippen molar-refractivity contribution in [2.45, 2.75) is 13.8 Å². The second kappa shape index (κ2) is 4.22. The van der Waals surface area contributed by atoms with E-state index in [1.165, 1.54) is 0 Å². The summed E-state index contributed by atoms with van der Waals surface area (Å²) >= 11 is 5.74. The van der Waals surface area contributed by atoms with Crippen LogP contribution < -0.4 is 11.2 Å². The van der Waals surface area contributed by atoms with Gasteiger partial charge in [0.1, 0.15) is 5.15 Å². The normalized spacial score (nSPS) is 10.5. The molecule has 1 heterocycles. The van der Waals surface area contributed by atoms with E-state index in [0.29, 0.717) is 11.3 Å². The fourth-order valence-electron chi connectivity index (χ4n) is 1.53. The lowest BCUT2D eigenvalue weighted by Gasteiger charge is -2.06. The number of benzene rings is 1. The molecule has 1 N–H and O–H groups in total. The second-order valence-corrected chi connectivity index (χ2v) is 4.22. The lowest BCUT2D eigenvalue weighted by atomic mass is 10.2. The Bertz CT molecular complexity index is 668. The number of hydrogen-bond acceptors (Lipinski definition) is 2. The molecule has 0 aliphatic heterocycles. The van der Waals surface area contributed by atoms with Crippen LogP contribution in [0.25, 0.3) is 5.69 Å². The van der Waals surface area contributed by atoms with Crippen molar-refractivity contribution in [3.05, 3.63) is 61.4 Å². The molecule has 0 amide bonds. The highest BCUT2D eigenvalue weighted by atomic mass is 35.5. The van der Waals surface area contributed by atoms with Gasteiger partial charge in [-0.25, -0.2) is 9.36 Å². The first-order chi connectivity index (χ1) is 8.00. The predicted molar refractivity (Wildman–Crippen MR) is 67.1 cm³/mol. The van der Waals surface area contributed by atoms with Gasteiger partial charge < -0.3 is 0 Å².